The van der Waals surface area contributed by atoms with Crippen LogP contribution >= 0.6 is 11.6 Å². The van der Waals surface area contributed by atoms with E-state index >= 15 is 0 Å². The van der Waals surface area contributed by atoms with E-state index in [-0.39, 0.29) is 17.4 Å². The molecule has 0 aliphatic carbocycles. The standard InChI is InChI=1S/C24H17ClN6/c1-14-2-4-15(5-3-14)23-22-19(20-10-16(25)6-7-21(20)30-22)8-9-31(23)24-28-17(12-26)11-18(13-27)29-24/h2-7,10-11,23,30H,8-9H2,1H3/t23-/m0/s1. The highest BCUT2D eigenvalue weighted by Crippen LogP contribution is 2.40. The van der Waals surface area contributed by atoms with Gasteiger partial charge in [0.1, 0.15) is 23.5 Å². The van der Waals surface area contributed by atoms with Crippen molar-refractivity contribution < 1.29 is 0 Å². The Morgan fingerprint density at radius 3 is 2.42 bits per heavy atom. The van der Waals surface area contributed by atoms with E-state index in [0.717, 1.165) is 28.6 Å². The van der Waals surface area contributed by atoms with Gasteiger partial charge in [-0.25, -0.2) is 9.97 Å². The van der Waals surface area contributed by atoms with Crippen molar-refractivity contribution in [1.29, 1.82) is 10.5 Å². The summed E-state index contributed by atoms with van der Waals surface area (Å²) in [5.41, 5.74) is 5.90. The fraction of sp³-hybridized carbons (Fsp3) is 0.167. The molecule has 1 aliphatic heterocycles. The van der Waals surface area contributed by atoms with E-state index in [0.29, 0.717) is 17.5 Å². The molecule has 150 valence electrons. The van der Waals surface area contributed by atoms with Crippen molar-refractivity contribution in [1.82, 2.24) is 15.0 Å². The number of aromatic amines is 1. The van der Waals surface area contributed by atoms with Crippen LogP contribution in [0.25, 0.3) is 10.9 Å². The number of benzene rings is 2. The van der Waals surface area contributed by atoms with Crippen LogP contribution in [0.15, 0.2) is 48.5 Å². The van der Waals surface area contributed by atoms with Gasteiger partial charge >= 0.3 is 0 Å². The summed E-state index contributed by atoms with van der Waals surface area (Å²) in [6.07, 6.45) is 0.764. The fourth-order valence-electron chi connectivity index (χ4n) is 4.25. The van der Waals surface area contributed by atoms with Gasteiger partial charge in [-0.2, -0.15) is 10.5 Å². The largest absolute Gasteiger partial charge is 0.356 e. The lowest BCUT2D eigenvalue weighted by molar-refractivity contribution is 0.625. The van der Waals surface area contributed by atoms with E-state index < -0.39 is 0 Å². The third kappa shape index (κ3) is 3.28. The Labute approximate surface area is 184 Å². The summed E-state index contributed by atoms with van der Waals surface area (Å²) in [6, 6.07) is 19.5. The molecule has 1 N–H and O–H groups in total. The van der Waals surface area contributed by atoms with E-state index in [9.17, 15) is 10.5 Å². The maximum Gasteiger partial charge on any atom is 0.228 e. The molecule has 4 aromatic rings. The number of anilines is 1. The molecule has 0 radical (unpaired) electrons. The Bertz CT molecular complexity index is 1360. The first kappa shape index (κ1) is 19.1. The summed E-state index contributed by atoms with van der Waals surface area (Å²) in [5.74, 6) is 0.378. The van der Waals surface area contributed by atoms with Crippen molar-refractivity contribution in [2.45, 2.75) is 19.4 Å². The van der Waals surface area contributed by atoms with Gasteiger partial charge in [0.15, 0.2) is 0 Å². The first-order valence-corrected chi connectivity index (χ1v) is 10.3. The number of fused-ring (bicyclic) bond motifs is 3. The van der Waals surface area contributed by atoms with E-state index in [1.165, 1.54) is 17.2 Å². The van der Waals surface area contributed by atoms with Gasteiger partial charge in [-0.3, -0.25) is 0 Å². The molecule has 0 unspecified atom stereocenters. The number of hydrogen-bond acceptors (Lipinski definition) is 5. The van der Waals surface area contributed by atoms with Gasteiger partial charge in [-0.15, -0.1) is 0 Å². The maximum absolute atomic E-state index is 9.39. The maximum atomic E-state index is 9.39. The quantitative estimate of drug-likeness (QED) is 0.498. The van der Waals surface area contributed by atoms with Gasteiger partial charge in [-0.1, -0.05) is 41.4 Å². The van der Waals surface area contributed by atoms with Crippen LogP contribution in [0, 0.1) is 29.6 Å². The highest BCUT2D eigenvalue weighted by molar-refractivity contribution is 6.31. The molecule has 2 aromatic carbocycles. The first-order chi connectivity index (χ1) is 15.1. The Kier molecular flexibility index (Phi) is 4.58. The number of nitrogens with zero attached hydrogens (tertiary/aromatic N) is 5. The number of aromatic nitrogens is 3. The molecule has 5 rings (SSSR count). The van der Waals surface area contributed by atoms with Crippen molar-refractivity contribution in [2.24, 2.45) is 0 Å². The second-order valence-electron chi connectivity index (χ2n) is 7.63. The van der Waals surface area contributed by atoms with Gasteiger partial charge < -0.3 is 9.88 Å². The number of halogens is 1. The molecular formula is C24H17ClN6. The lowest BCUT2D eigenvalue weighted by Gasteiger charge is -2.36. The zero-order valence-corrected chi connectivity index (χ0v) is 17.5. The summed E-state index contributed by atoms with van der Waals surface area (Å²) < 4.78 is 0. The Balaban J connectivity index is 1.73. The van der Waals surface area contributed by atoms with Crippen LogP contribution in [-0.2, 0) is 6.42 Å². The Morgan fingerprint density at radius 2 is 1.74 bits per heavy atom. The molecule has 0 amide bonds. The molecule has 7 heteroatoms. The van der Waals surface area contributed by atoms with E-state index in [1.807, 2.05) is 30.3 Å². The van der Waals surface area contributed by atoms with E-state index in [4.69, 9.17) is 11.6 Å². The lowest BCUT2D eigenvalue weighted by Crippen LogP contribution is -2.37. The highest BCUT2D eigenvalue weighted by Gasteiger charge is 2.33. The average molecular weight is 425 g/mol. The molecule has 0 bridgehead atoms. The molecule has 1 atom stereocenters. The van der Waals surface area contributed by atoms with Crippen LogP contribution in [0.3, 0.4) is 0 Å². The molecule has 0 saturated heterocycles. The van der Waals surface area contributed by atoms with E-state index in [1.54, 1.807) is 0 Å². The monoisotopic (exact) mass is 424 g/mol. The van der Waals surface area contributed by atoms with Crippen molar-refractivity contribution >= 4 is 28.5 Å². The topological polar surface area (TPSA) is 92.4 Å². The van der Waals surface area contributed by atoms with Gasteiger partial charge in [0.2, 0.25) is 5.95 Å². The number of rotatable bonds is 2. The SMILES string of the molecule is Cc1ccc([C@H]2c3[nH]c4ccc(Cl)cc4c3CCN2c2nc(C#N)cc(C#N)n2)cc1. The van der Waals surface area contributed by atoms with Gasteiger partial charge in [0.25, 0.3) is 0 Å². The lowest BCUT2D eigenvalue weighted by atomic mass is 9.92. The molecule has 31 heavy (non-hydrogen) atoms. The predicted octanol–water partition coefficient (Wildman–Crippen LogP) is 4.82. The van der Waals surface area contributed by atoms with Gasteiger partial charge in [0, 0.05) is 34.2 Å². The van der Waals surface area contributed by atoms with Crippen LogP contribution in [0.5, 0.6) is 0 Å². The van der Waals surface area contributed by atoms with Crippen molar-refractivity contribution in [3.63, 3.8) is 0 Å². The van der Waals surface area contributed by atoms with Crippen molar-refractivity contribution in [3.05, 3.63) is 87.3 Å². The molecule has 0 spiro atoms. The second kappa shape index (κ2) is 7.43. The number of aryl methyl sites for hydroxylation is 1. The molecular weight excluding hydrogens is 408 g/mol. The molecule has 6 nitrogen and oxygen atoms in total. The number of H-pyrrole nitrogens is 1. The molecule has 0 saturated carbocycles. The Morgan fingerprint density at radius 1 is 1.03 bits per heavy atom. The first-order valence-electron chi connectivity index (χ1n) is 9.90. The summed E-state index contributed by atoms with van der Waals surface area (Å²) in [5, 5.41) is 20.6. The van der Waals surface area contributed by atoms with Crippen LogP contribution in [0.4, 0.5) is 5.95 Å². The highest BCUT2D eigenvalue weighted by atomic mass is 35.5. The van der Waals surface area contributed by atoms with Crippen LogP contribution in [-0.4, -0.2) is 21.5 Å². The normalized spacial score (nSPS) is 15.4. The third-order valence-corrected chi connectivity index (χ3v) is 5.92. The van der Waals surface area contributed by atoms with Gasteiger partial charge in [-0.05, 0) is 42.7 Å². The number of hydrogen-bond donors (Lipinski definition) is 1. The van der Waals surface area contributed by atoms with Crippen LogP contribution in [0.2, 0.25) is 5.02 Å². The smallest absolute Gasteiger partial charge is 0.228 e. The zero-order chi connectivity index (χ0) is 21.5. The average Bonchev–Trinajstić information content (AvgIpc) is 3.16. The minimum atomic E-state index is -0.184. The molecule has 0 fully saturated rings. The minimum absolute atomic E-state index is 0.179. The predicted molar refractivity (Wildman–Crippen MR) is 119 cm³/mol. The Hall–Kier alpha value is -3.87. The summed E-state index contributed by atoms with van der Waals surface area (Å²) in [7, 11) is 0. The van der Waals surface area contributed by atoms with Crippen LogP contribution in [0.1, 0.15) is 39.8 Å². The summed E-state index contributed by atoms with van der Waals surface area (Å²) in [4.78, 5) is 14.5. The van der Waals surface area contributed by atoms with Crippen LogP contribution < -0.4 is 4.90 Å². The minimum Gasteiger partial charge on any atom is -0.356 e. The zero-order valence-electron chi connectivity index (χ0n) is 16.7. The summed E-state index contributed by atoms with van der Waals surface area (Å²) in [6.45, 7) is 2.70. The molecule has 3 heterocycles. The fourth-order valence-corrected chi connectivity index (χ4v) is 4.42. The van der Waals surface area contributed by atoms with Crippen molar-refractivity contribution in [3.8, 4) is 12.1 Å². The van der Waals surface area contributed by atoms with Crippen molar-refractivity contribution in [2.75, 3.05) is 11.4 Å². The summed E-state index contributed by atoms with van der Waals surface area (Å²) >= 11 is 6.27. The molecule has 1 aliphatic rings. The third-order valence-electron chi connectivity index (χ3n) is 5.68. The van der Waals surface area contributed by atoms with Gasteiger partial charge in [0.05, 0.1) is 6.04 Å². The molecule has 2 aromatic heterocycles. The number of nitrogens with one attached hydrogen (secondary N) is 1. The second-order valence-corrected chi connectivity index (χ2v) is 8.06. The number of nitriles is 2. The van der Waals surface area contributed by atoms with E-state index in [2.05, 4.69) is 51.0 Å².